The number of hydrogen-bond donors (Lipinski definition) is 1. The van der Waals surface area contributed by atoms with Gasteiger partial charge in [-0.25, -0.2) is 4.98 Å². The minimum Gasteiger partial charge on any atom is -0.368 e. The van der Waals surface area contributed by atoms with Crippen LogP contribution in [0.5, 0.6) is 0 Å². The van der Waals surface area contributed by atoms with Crippen LogP contribution in [-0.4, -0.2) is 72.6 Å². The third-order valence-corrected chi connectivity index (χ3v) is 5.15. The SMILES string of the molecule is CCc1cnc(N)nc1N1CCN(C[C@H]2CCCN(C)C2)CC1. The highest BCUT2D eigenvalue weighted by molar-refractivity contribution is 5.49. The highest BCUT2D eigenvalue weighted by Crippen LogP contribution is 2.22. The Kier molecular flexibility index (Phi) is 5.33. The Morgan fingerprint density at radius 3 is 2.70 bits per heavy atom. The molecular formula is C17H30N6. The smallest absolute Gasteiger partial charge is 0.221 e. The lowest BCUT2D eigenvalue weighted by Gasteiger charge is -2.39. The fraction of sp³-hybridized carbons (Fsp3) is 0.765. The molecule has 6 heteroatoms. The van der Waals surface area contributed by atoms with E-state index in [1.54, 1.807) is 0 Å². The molecule has 1 aromatic heterocycles. The van der Waals surface area contributed by atoms with Crippen LogP contribution in [0.25, 0.3) is 0 Å². The van der Waals surface area contributed by atoms with Crippen LogP contribution in [0.1, 0.15) is 25.3 Å². The lowest BCUT2D eigenvalue weighted by molar-refractivity contribution is 0.147. The van der Waals surface area contributed by atoms with Gasteiger partial charge in [-0.1, -0.05) is 6.92 Å². The number of aromatic nitrogens is 2. The van der Waals surface area contributed by atoms with Gasteiger partial charge >= 0.3 is 0 Å². The van der Waals surface area contributed by atoms with Crippen LogP contribution < -0.4 is 10.6 Å². The predicted molar refractivity (Wildman–Crippen MR) is 94.7 cm³/mol. The zero-order chi connectivity index (χ0) is 16.2. The molecule has 2 fully saturated rings. The summed E-state index contributed by atoms with van der Waals surface area (Å²) in [5.41, 5.74) is 6.98. The van der Waals surface area contributed by atoms with Gasteiger partial charge in [0.05, 0.1) is 0 Å². The molecule has 0 unspecified atom stereocenters. The molecule has 1 atom stereocenters. The van der Waals surface area contributed by atoms with E-state index in [1.807, 2.05) is 6.20 Å². The van der Waals surface area contributed by atoms with E-state index in [9.17, 15) is 0 Å². The average Bonchev–Trinajstić information content (AvgIpc) is 2.55. The molecule has 3 rings (SSSR count). The van der Waals surface area contributed by atoms with Crippen molar-refractivity contribution >= 4 is 11.8 Å². The molecule has 0 saturated carbocycles. The van der Waals surface area contributed by atoms with E-state index in [1.165, 1.54) is 38.0 Å². The summed E-state index contributed by atoms with van der Waals surface area (Å²) < 4.78 is 0. The normalized spacial score (nSPS) is 24.1. The summed E-state index contributed by atoms with van der Waals surface area (Å²) in [6.07, 6.45) is 5.56. The summed E-state index contributed by atoms with van der Waals surface area (Å²) >= 11 is 0. The standard InChI is InChI=1S/C17H30N6/c1-3-15-11-19-17(18)20-16(15)23-9-7-22(8-10-23)13-14-5-4-6-21(2)12-14/h11,14H,3-10,12-13H2,1-2H3,(H2,18,19,20)/t14-/m0/s1. The van der Waals surface area contributed by atoms with E-state index in [2.05, 4.69) is 38.6 Å². The van der Waals surface area contributed by atoms with E-state index in [4.69, 9.17) is 5.73 Å². The molecule has 2 aliphatic rings. The second kappa shape index (κ2) is 7.45. The highest BCUT2D eigenvalue weighted by atomic mass is 15.3. The number of likely N-dealkylation sites (tertiary alicyclic amines) is 1. The van der Waals surface area contributed by atoms with Gasteiger partial charge in [-0.15, -0.1) is 0 Å². The predicted octanol–water partition coefficient (Wildman–Crippen LogP) is 1.09. The van der Waals surface area contributed by atoms with Crippen molar-refractivity contribution in [3.05, 3.63) is 11.8 Å². The Hall–Kier alpha value is -1.40. The van der Waals surface area contributed by atoms with Crippen molar-refractivity contribution in [1.29, 1.82) is 0 Å². The third-order valence-electron chi connectivity index (χ3n) is 5.15. The van der Waals surface area contributed by atoms with Gasteiger partial charge in [0.15, 0.2) is 0 Å². The van der Waals surface area contributed by atoms with Crippen molar-refractivity contribution in [2.45, 2.75) is 26.2 Å². The van der Waals surface area contributed by atoms with Crippen LogP contribution in [0.3, 0.4) is 0 Å². The van der Waals surface area contributed by atoms with Gasteiger partial charge in [-0.2, -0.15) is 4.98 Å². The molecule has 0 bridgehead atoms. The second-order valence-corrected chi connectivity index (χ2v) is 6.99. The van der Waals surface area contributed by atoms with Crippen molar-refractivity contribution in [2.75, 3.05) is 63.5 Å². The fourth-order valence-electron chi connectivity index (χ4n) is 3.86. The van der Waals surface area contributed by atoms with Crippen LogP contribution in [0.15, 0.2) is 6.20 Å². The maximum Gasteiger partial charge on any atom is 0.221 e. The minimum atomic E-state index is 0.380. The summed E-state index contributed by atoms with van der Waals surface area (Å²) in [6, 6.07) is 0. The van der Waals surface area contributed by atoms with Crippen LogP contribution in [0.2, 0.25) is 0 Å². The van der Waals surface area contributed by atoms with Crippen molar-refractivity contribution in [3.8, 4) is 0 Å². The summed E-state index contributed by atoms with van der Waals surface area (Å²) in [6.45, 7) is 10.2. The monoisotopic (exact) mass is 318 g/mol. The quantitative estimate of drug-likeness (QED) is 0.896. The number of nitrogen functional groups attached to an aromatic ring is 1. The molecule has 6 nitrogen and oxygen atoms in total. The van der Waals surface area contributed by atoms with E-state index >= 15 is 0 Å². The molecule has 1 aromatic rings. The van der Waals surface area contributed by atoms with Crippen LogP contribution in [-0.2, 0) is 6.42 Å². The number of piperidine rings is 1. The van der Waals surface area contributed by atoms with Gasteiger partial charge in [0.2, 0.25) is 5.95 Å². The van der Waals surface area contributed by atoms with E-state index in [-0.39, 0.29) is 0 Å². The number of nitrogens with two attached hydrogens (primary N) is 1. The summed E-state index contributed by atoms with van der Waals surface area (Å²) in [4.78, 5) is 16.1. The topological polar surface area (TPSA) is 61.5 Å². The fourth-order valence-corrected chi connectivity index (χ4v) is 3.86. The van der Waals surface area contributed by atoms with Crippen LogP contribution in [0, 0.1) is 5.92 Å². The van der Waals surface area contributed by atoms with Crippen molar-refractivity contribution in [3.63, 3.8) is 0 Å². The lowest BCUT2D eigenvalue weighted by atomic mass is 9.97. The number of nitrogens with zero attached hydrogens (tertiary/aromatic N) is 5. The van der Waals surface area contributed by atoms with Crippen LogP contribution >= 0.6 is 0 Å². The van der Waals surface area contributed by atoms with Gasteiger partial charge in [-0.3, -0.25) is 4.90 Å². The van der Waals surface area contributed by atoms with Gasteiger partial charge in [0.1, 0.15) is 5.82 Å². The molecule has 2 aliphatic heterocycles. The molecule has 3 heterocycles. The molecular weight excluding hydrogens is 288 g/mol. The molecule has 23 heavy (non-hydrogen) atoms. The first-order chi connectivity index (χ1) is 11.2. The number of aryl methyl sites for hydroxylation is 1. The van der Waals surface area contributed by atoms with Crippen molar-refractivity contribution in [1.82, 2.24) is 19.8 Å². The average molecular weight is 318 g/mol. The van der Waals surface area contributed by atoms with E-state index in [0.29, 0.717) is 5.95 Å². The van der Waals surface area contributed by atoms with Gasteiger partial charge in [0.25, 0.3) is 0 Å². The van der Waals surface area contributed by atoms with Gasteiger partial charge < -0.3 is 15.5 Å². The zero-order valence-corrected chi connectivity index (χ0v) is 14.5. The third kappa shape index (κ3) is 4.12. The first kappa shape index (κ1) is 16.5. The molecule has 0 spiro atoms. The maximum absolute atomic E-state index is 5.79. The Labute approximate surface area is 139 Å². The highest BCUT2D eigenvalue weighted by Gasteiger charge is 2.24. The Balaban J connectivity index is 1.55. The van der Waals surface area contributed by atoms with E-state index in [0.717, 1.165) is 44.3 Å². The minimum absolute atomic E-state index is 0.380. The molecule has 2 saturated heterocycles. The molecule has 0 aliphatic carbocycles. The Morgan fingerprint density at radius 2 is 2.00 bits per heavy atom. The lowest BCUT2D eigenvalue weighted by Crippen LogP contribution is -2.49. The molecule has 128 valence electrons. The Bertz CT molecular complexity index is 512. The van der Waals surface area contributed by atoms with Crippen molar-refractivity contribution in [2.24, 2.45) is 5.92 Å². The Morgan fingerprint density at radius 1 is 1.22 bits per heavy atom. The number of anilines is 2. The maximum atomic E-state index is 5.79. The molecule has 2 N–H and O–H groups in total. The van der Waals surface area contributed by atoms with E-state index < -0.39 is 0 Å². The molecule has 0 amide bonds. The second-order valence-electron chi connectivity index (χ2n) is 6.99. The van der Waals surface area contributed by atoms with Gasteiger partial charge in [-0.05, 0) is 38.8 Å². The first-order valence-corrected chi connectivity index (χ1v) is 8.93. The largest absolute Gasteiger partial charge is 0.368 e. The summed E-state index contributed by atoms with van der Waals surface area (Å²) in [7, 11) is 2.25. The van der Waals surface area contributed by atoms with Crippen LogP contribution in [0.4, 0.5) is 11.8 Å². The first-order valence-electron chi connectivity index (χ1n) is 8.93. The summed E-state index contributed by atoms with van der Waals surface area (Å²) in [5, 5.41) is 0. The van der Waals surface area contributed by atoms with Gasteiger partial charge in [0, 0.05) is 51.0 Å². The number of rotatable bonds is 4. The zero-order valence-electron chi connectivity index (χ0n) is 14.5. The summed E-state index contributed by atoms with van der Waals surface area (Å²) in [5.74, 6) is 2.25. The molecule has 0 radical (unpaired) electrons. The molecule has 0 aromatic carbocycles. The number of piperazine rings is 1. The van der Waals surface area contributed by atoms with Crippen molar-refractivity contribution < 1.29 is 0 Å². The number of hydrogen-bond acceptors (Lipinski definition) is 6.